The van der Waals surface area contributed by atoms with Gasteiger partial charge in [0.2, 0.25) is 0 Å². The van der Waals surface area contributed by atoms with Crippen LogP contribution in [0.5, 0.6) is 0 Å². The van der Waals surface area contributed by atoms with Gasteiger partial charge in [0, 0.05) is 83.4 Å². The zero-order chi connectivity index (χ0) is 57.8. The molecule has 0 unspecified atom stereocenters. The van der Waals surface area contributed by atoms with Crippen LogP contribution >= 0.6 is 38.6 Å². The number of furan rings is 2. The summed E-state index contributed by atoms with van der Waals surface area (Å²) in [5.74, 6) is 0. The van der Waals surface area contributed by atoms with E-state index in [1.807, 2.05) is 40.9 Å². The summed E-state index contributed by atoms with van der Waals surface area (Å²) in [6.45, 7) is 0. The van der Waals surface area contributed by atoms with Gasteiger partial charge >= 0.3 is 0 Å². The van der Waals surface area contributed by atoms with Gasteiger partial charge in [-0.1, -0.05) is 204 Å². The van der Waals surface area contributed by atoms with E-state index >= 15 is 0 Å². The Kier molecular flexibility index (Phi) is 13.5. The number of halogens is 1. The molecule has 0 bridgehead atoms. The lowest BCUT2D eigenvalue weighted by Gasteiger charge is -2.26. The largest absolute Gasteiger partial charge is 0.456 e. The first-order valence-electron chi connectivity index (χ1n) is 29.2. The van der Waals surface area contributed by atoms with Gasteiger partial charge in [0.25, 0.3) is 0 Å². The van der Waals surface area contributed by atoms with Crippen LogP contribution in [0.3, 0.4) is 0 Å². The SMILES string of the molecule is Brc1ccc2oc3cc4ccccc4cc3c2c1.c1ccc(-c2ccc(Cc3ccc4sc5ccccc5c4c3)cc2)cc1.c1ccc(-c2ccc(N(c3ccc4oc5cc6ccccc6cc5c4c3)c3ccc4sc5ccccc5c4c3)cc2)cc1. The van der Waals surface area contributed by atoms with Crippen molar-refractivity contribution in [2.75, 3.05) is 4.90 Å². The molecule has 87 heavy (non-hydrogen) atoms. The van der Waals surface area contributed by atoms with Gasteiger partial charge in [-0.3, -0.25) is 0 Å². The standard InChI is InChI=1S/C40H25NOS.C25H18S.C16H9BrO/c1-2-8-26(9-3-1)27-14-16-30(17-15-27)41(32-19-21-40-36(25-32)33-12-6-7-13-39(33)43-40)31-18-20-37-35(24-31)34-22-28-10-4-5-11-29(28)23-38(34)42-37;1-2-6-20(7-3-1)21-13-10-18(11-14-21)16-19-12-15-25-23(17-19)22-8-4-5-9-24(22)26-25;17-12-5-6-15-14(9-12)13-7-10-3-1-2-4-11(10)8-16(13)18-15/h1-25H;1-15,17H,16H2;1-9H. The maximum Gasteiger partial charge on any atom is 0.136 e. The molecule has 0 aliphatic heterocycles. The van der Waals surface area contributed by atoms with Crippen molar-refractivity contribution in [3.8, 4) is 22.3 Å². The summed E-state index contributed by atoms with van der Waals surface area (Å²) in [5.41, 5.74) is 14.7. The summed E-state index contributed by atoms with van der Waals surface area (Å²) in [6, 6.07) is 108. The van der Waals surface area contributed by atoms with Gasteiger partial charge in [0.15, 0.2) is 0 Å². The van der Waals surface area contributed by atoms with E-state index in [0.29, 0.717) is 0 Å². The molecule has 0 aliphatic rings. The van der Waals surface area contributed by atoms with E-state index in [1.54, 1.807) is 0 Å². The van der Waals surface area contributed by atoms with Crippen LogP contribution in [-0.2, 0) is 6.42 Å². The van der Waals surface area contributed by atoms with Gasteiger partial charge in [0.1, 0.15) is 22.3 Å². The Morgan fingerprint density at radius 1 is 0.264 bits per heavy atom. The maximum absolute atomic E-state index is 6.35. The number of anilines is 3. The molecule has 14 aromatic carbocycles. The van der Waals surface area contributed by atoms with Crippen molar-refractivity contribution < 1.29 is 8.83 Å². The van der Waals surface area contributed by atoms with Crippen molar-refractivity contribution in [2.45, 2.75) is 6.42 Å². The summed E-state index contributed by atoms with van der Waals surface area (Å²) < 4.78 is 18.7. The molecule has 0 saturated heterocycles. The maximum atomic E-state index is 6.35. The van der Waals surface area contributed by atoms with Crippen molar-refractivity contribution in [1.82, 2.24) is 0 Å². The normalized spacial score (nSPS) is 11.6. The highest BCUT2D eigenvalue weighted by molar-refractivity contribution is 9.10. The molecule has 0 atom stereocenters. The van der Waals surface area contributed by atoms with E-state index in [9.17, 15) is 0 Å². The molecule has 6 heteroatoms. The molecule has 0 spiro atoms. The topological polar surface area (TPSA) is 29.5 Å². The van der Waals surface area contributed by atoms with Gasteiger partial charge in [-0.15, -0.1) is 22.7 Å². The average Bonchev–Trinajstić information content (AvgIpc) is 2.04. The second-order valence-corrected chi connectivity index (χ2v) is 25.2. The highest BCUT2D eigenvalue weighted by Gasteiger charge is 2.19. The van der Waals surface area contributed by atoms with E-state index in [2.05, 4.69) is 306 Å². The third kappa shape index (κ3) is 10.2. The van der Waals surface area contributed by atoms with Gasteiger partial charge in [-0.2, -0.15) is 0 Å². The number of hydrogen-bond donors (Lipinski definition) is 0. The van der Waals surface area contributed by atoms with Crippen molar-refractivity contribution >= 4 is 161 Å². The first kappa shape index (κ1) is 52.5. The van der Waals surface area contributed by atoms with E-state index in [-0.39, 0.29) is 0 Å². The fourth-order valence-corrected chi connectivity index (χ4v) is 14.9. The summed E-state index contributed by atoms with van der Waals surface area (Å²) in [7, 11) is 0. The summed E-state index contributed by atoms with van der Waals surface area (Å²) in [4.78, 5) is 2.36. The fraction of sp³-hybridized carbons (Fsp3) is 0.0123. The molecule has 18 aromatic rings. The second-order valence-electron chi connectivity index (χ2n) is 22.1. The van der Waals surface area contributed by atoms with E-state index in [0.717, 1.165) is 66.4 Å². The lowest BCUT2D eigenvalue weighted by atomic mass is 9.99. The first-order valence-corrected chi connectivity index (χ1v) is 31.7. The number of rotatable bonds is 7. The quantitative estimate of drug-likeness (QED) is 0.159. The molecule has 18 rings (SSSR count). The minimum absolute atomic E-state index is 0.896. The third-order valence-corrected chi connectivity index (χ3v) is 19.4. The van der Waals surface area contributed by atoms with Crippen molar-refractivity contribution in [1.29, 1.82) is 0 Å². The molecule has 0 aliphatic carbocycles. The van der Waals surface area contributed by atoms with Crippen LogP contribution in [0.4, 0.5) is 17.1 Å². The predicted octanol–water partition coefficient (Wildman–Crippen LogP) is 25.1. The zero-order valence-electron chi connectivity index (χ0n) is 47.0. The van der Waals surface area contributed by atoms with Crippen molar-refractivity contribution in [2.24, 2.45) is 0 Å². The molecule has 4 heterocycles. The van der Waals surface area contributed by atoms with Crippen LogP contribution in [0.1, 0.15) is 11.1 Å². The molecule has 0 saturated carbocycles. The Hall–Kier alpha value is -10.1. The molecule has 0 amide bonds. The molecule has 0 N–H and O–H groups in total. The zero-order valence-corrected chi connectivity index (χ0v) is 50.3. The Bertz CT molecular complexity index is 5570. The van der Waals surface area contributed by atoms with E-state index < -0.39 is 0 Å². The van der Waals surface area contributed by atoms with Crippen LogP contribution in [0.25, 0.3) is 128 Å². The minimum atomic E-state index is 0.896. The van der Waals surface area contributed by atoms with Crippen LogP contribution in [0.2, 0.25) is 0 Å². The van der Waals surface area contributed by atoms with Crippen LogP contribution in [0.15, 0.2) is 317 Å². The molecular weight excluding hydrogens is 1160 g/mol. The highest BCUT2D eigenvalue weighted by Crippen LogP contribution is 2.44. The highest BCUT2D eigenvalue weighted by atomic mass is 79.9. The van der Waals surface area contributed by atoms with Crippen molar-refractivity contribution in [3.63, 3.8) is 0 Å². The summed E-state index contributed by atoms with van der Waals surface area (Å²) in [6.07, 6.45) is 0.967. The molecule has 0 fully saturated rings. The minimum Gasteiger partial charge on any atom is -0.456 e. The van der Waals surface area contributed by atoms with Crippen LogP contribution < -0.4 is 4.90 Å². The third-order valence-electron chi connectivity index (χ3n) is 16.6. The first-order chi connectivity index (χ1) is 43.0. The average molecular weight is 1220 g/mol. The van der Waals surface area contributed by atoms with E-state index in [1.165, 1.54) is 101 Å². The number of benzene rings is 14. The summed E-state index contributed by atoms with van der Waals surface area (Å²) in [5, 5.41) is 14.8. The van der Waals surface area contributed by atoms with Crippen LogP contribution in [-0.4, -0.2) is 0 Å². The Morgan fingerprint density at radius 3 is 1.23 bits per heavy atom. The summed E-state index contributed by atoms with van der Waals surface area (Å²) >= 11 is 7.23. The molecule has 4 aromatic heterocycles. The molecule has 3 nitrogen and oxygen atoms in total. The Balaban J connectivity index is 0.000000117. The number of thiophene rings is 2. The number of hydrogen-bond acceptors (Lipinski definition) is 5. The van der Waals surface area contributed by atoms with Gasteiger partial charge in [0.05, 0.1) is 0 Å². The lowest BCUT2D eigenvalue weighted by Crippen LogP contribution is -2.09. The molecular formula is C81H52BrNO2S2. The molecule has 0 radical (unpaired) electrons. The Morgan fingerprint density at radius 2 is 0.655 bits per heavy atom. The monoisotopic (exact) mass is 1210 g/mol. The van der Waals surface area contributed by atoms with Gasteiger partial charge in [-0.05, 0) is 177 Å². The number of nitrogens with zero attached hydrogens (tertiary/aromatic N) is 1. The van der Waals surface area contributed by atoms with Crippen molar-refractivity contribution in [3.05, 3.63) is 319 Å². The Labute approximate surface area is 519 Å². The van der Waals surface area contributed by atoms with Gasteiger partial charge in [-0.25, -0.2) is 0 Å². The lowest BCUT2D eigenvalue weighted by molar-refractivity contribution is 0.669. The van der Waals surface area contributed by atoms with Gasteiger partial charge < -0.3 is 13.7 Å². The molecule has 412 valence electrons. The fourth-order valence-electron chi connectivity index (χ4n) is 12.3. The second kappa shape index (κ2) is 22.4. The van der Waals surface area contributed by atoms with E-state index in [4.69, 9.17) is 8.83 Å². The smallest absolute Gasteiger partial charge is 0.136 e. The predicted molar refractivity (Wildman–Crippen MR) is 377 cm³/mol. The number of fused-ring (bicyclic) bond motifs is 14. The van der Waals surface area contributed by atoms with Crippen LogP contribution in [0, 0.1) is 0 Å².